The molecule has 0 rings (SSSR count). The van der Waals surface area contributed by atoms with Gasteiger partial charge in [-0.15, -0.1) is 25.3 Å². The molecule has 0 aromatic heterocycles. The summed E-state index contributed by atoms with van der Waals surface area (Å²) in [6.07, 6.45) is 0. The van der Waals surface area contributed by atoms with Crippen LogP contribution >= 0.6 is 46.8 Å². The number of hydrogen-bond donors (Lipinski definition) is 4. The number of rotatable bonds is 7. The fraction of sp³-hybridized carbons (Fsp3) is 0.667. The van der Waals surface area contributed by atoms with Gasteiger partial charge in [-0.25, -0.2) is 0 Å². The maximum Gasteiger partial charge on any atom is 0.203 e. The molecule has 0 aliphatic heterocycles. The van der Waals surface area contributed by atoms with Crippen LogP contribution in [0.4, 0.5) is 0 Å². The minimum atomic E-state index is -0.571. The van der Waals surface area contributed by atoms with E-state index in [0.29, 0.717) is 11.5 Å². The smallest absolute Gasteiger partial charge is 0.203 e. The predicted octanol–water partition coefficient (Wildman–Crippen LogP) is -0.0648. The van der Waals surface area contributed by atoms with Crippen LogP contribution in [0.1, 0.15) is 0 Å². The lowest BCUT2D eigenvalue weighted by Crippen LogP contribution is -2.30. The number of nitrogens with two attached hydrogens (primary N) is 2. The molecule has 0 heterocycles. The van der Waals surface area contributed by atoms with Crippen molar-refractivity contribution in [1.82, 2.24) is 0 Å². The normalized spacial score (nSPS) is 14.9. The number of carbonyl (C=O) groups is 2. The van der Waals surface area contributed by atoms with E-state index in [2.05, 4.69) is 25.3 Å². The second-order valence-corrected chi connectivity index (χ2v) is 5.89. The summed E-state index contributed by atoms with van der Waals surface area (Å²) in [6.45, 7) is 0. The molecule has 0 saturated carbocycles. The van der Waals surface area contributed by atoms with E-state index in [9.17, 15) is 9.59 Å². The van der Waals surface area contributed by atoms with Crippen LogP contribution < -0.4 is 11.5 Å². The standard InChI is InChI=1S/C6H12N2O2S4/c7-3(5(9)11)1-13-14-2-4(8)6(10)12/h3-4H,1-2,7-8H2,(H,9,11)(H,10,12)/t3-,4?/m0/s1. The largest absolute Gasteiger partial charge is 0.320 e. The zero-order valence-electron chi connectivity index (χ0n) is 7.25. The molecular weight excluding hydrogens is 260 g/mol. The number of hydrogen-bond acceptors (Lipinski definition) is 6. The summed E-state index contributed by atoms with van der Waals surface area (Å²) in [5.41, 5.74) is 10.8. The quantitative estimate of drug-likeness (QED) is 0.295. The zero-order valence-corrected chi connectivity index (χ0v) is 10.7. The highest BCUT2D eigenvalue weighted by molar-refractivity contribution is 8.76. The Kier molecular flexibility index (Phi) is 8.26. The van der Waals surface area contributed by atoms with Gasteiger partial charge in [0.1, 0.15) is 0 Å². The van der Waals surface area contributed by atoms with Crippen molar-refractivity contribution < 1.29 is 9.59 Å². The van der Waals surface area contributed by atoms with Crippen LogP contribution in [0, 0.1) is 0 Å². The Labute approximate surface area is 102 Å². The van der Waals surface area contributed by atoms with Gasteiger partial charge in [0, 0.05) is 11.5 Å². The van der Waals surface area contributed by atoms with Gasteiger partial charge >= 0.3 is 0 Å². The Hall–Kier alpha value is 0.660. The van der Waals surface area contributed by atoms with Crippen LogP contribution in [0.3, 0.4) is 0 Å². The van der Waals surface area contributed by atoms with Gasteiger partial charge in [0.25, 0.3) is 0 Å². The van der Waals surface area contributed by atoms with Gasteiger partial charge in [0.05, 0.1) is 12.1 Å². The number of thiol groups is 2. The molecule has 14 heavy (non-hydrogen) atoms. The van der Waals surface area contributed by atoms with Crippen LogP contribution in [-0.4, -0.2) is 33.8 Å². The minimum absolute atomic E-state index is 0.340. The summed E-state index contributed by atoms with van der Waals surface area (Å²) in [4.78, 5) is 21.2. The third-order valence-electron chi connectivity index (χ3n) is 1.21. The summed E-state index contributed by atoms with van der Waals surface area (Å²) in [7, 11) is 2.78. The molecule has 1 unspecified atom stereocenters. The van der Waals surface area contributed by atoms with Gasteiger partial charge in [-0.3, -0.25) is 9.59 Å². The maximum absolute atomic E-state index is 10.6. The van der Waals surface area contributed by atoms with Gasteiger partial charge < -0.3 is 11.5 Å². The SMILES string of the molecule is NC(CSSC[C@H](N)C(=O)S)C(=O)S. The first-order valence-corrected chi connectivity index (χ1v) is 7.04. The van der Waals surface area contributed by atoms with Gasteiger partial charge in [0.2, 0.25) is 10.2 Å². The Bertz CT molecular complexity index is 192. The van der Waals surface area contributed by atoms with Crippen LogP contribution in [-0.2, 0) is 9.59 Å². The molecule has 2 atom stereocenters. The zero-order chi connectivity index (χ0) is 11.1. The van der Waals surface area contributed by atoms with Gasteiger partial charge in [-0.1, -0.05) is 21.6 Å². The lowest BCUT2D eigenvalue weighted by atomic mass is 10.4. The lowest BCUT2D eigenvalue weighted by molar-refractivity contribution is -0.112. The maximum atomic E-state index is 10.6. The van der Waals surface area contributed by atoms with E-state index in [1.807, 2.05) is 0 Å². The van der Waals surface area contributed by atoms with Crippen molar-refractivity contribution in [3.05, 3.63) is 0 Å². The van der Waals surface area contributed by atoms with Crippen molar-refractivity contribution in [3.8, 4) is 0 Å². The minimum Gasteiger partial charge on any atom is -0.320 e. The Balaban J connectivity index is 3.47. The first-order valence-electron chi connectivity index (χ1n) is 3.66. The molecule has 82 valence electrons. The molecule has 0 aliphatic rings. The summed E-state index contributed by atoms with van der Waals surface area (Å²) in [5, 5.41) is -0.680. The Morgan fingerprint density at radius 2 is 1.29 bits per heavy atom. The van der Waals surface area contributed by atoms with E-state index in [0.717, 1.165) is 0 Å². The molecule has 0 aromatic rings. The third kappa shape index (κ3) is 7.02. The van der Waals surface area contributed by atoms with Crippen LogP contribution in [0.25, 0.3) is 0 Å². The van der Waals surface area contributed by atoms with Crippen molar-refractivity contribution in [3.63, 3.8) is 0 Å². The fourth-order valence-electron chi connectivity index (χ4n) is 0.385. The molecule has 0 aliphatic carbocycles. The molecule has 8 heteroatoms. The summed E-state index contributed by atoms with van der Waals surface area (Å²) in [5.74, 6) is 0.918. The van der Waals surface area contributed by atoms with Crippen LogP contribution in [0.2, 0.25) is 0 Å². The second kappa shape index (κ2) is 7.89. The molecule has 0 amide bonds. The van der Waals surface area contributed by atoms with Crippen molar-refractivity contribution in [1.29, 1.82) is 0 Å². The average Bonchev–Trinajstić information content (AvgIpc) is 2.11. The van der Waals surface area contributed by atoms with Crippen LogP contribution in [0.5, 0.6) is 0 Å². The van der Waals surface area contributed by atoms with Gasteiger partial charge in [0.15, 0.2) is 0 Å². The highest BCUT2D eigenvalue weighted by atomic mass is 33.1. The predicted molar refractivity (Wildman–Crippen MR) is 68.9 cm³/mol. The van der Waals surface area contributed by atoms with Crippen LogP contribution in [0.15, 0.2) is 0 Å². The fourth-order valence-corrected chi connectivity index (χ4v) is 3.06. The van der Waals surface area contributed by atoms with E-state index in [1.54, 1.807) is 0 Å². The lowest BCUT2D eigenvalue weighted by Gasteiger charge is -2.07. The molecular formula is C6H12N2O2S4. The van der Waals surface area contributed by atoms with Gasteiger partial charge in [-0.05, 0) is 0 Å². The van der Waals surface area contributed by atoms with E-state index < -0.39 is 12.1 Å². The first kappa shape index (κ1) is 14.7. The topological polar surface area (TPSA) is 86.2 Å². The highest BCUT2D eigenvalue weighted by Gasteiger charge is 2.11. The molecule has 0 radical (unpaired) electrons. The first-order chi connectivity index (χ1) is 6.45. The second-order valence-electron chi connectivity index (χ2n) is 2.46. The Morgan fingerprint density at radius 1 is 1.00 bits per heavy atom. The van der Waals surface area contributed by atoms with E-state index in [4.69, 9.17) is 11.5 Å². The third-order valence-corrected chi connectivity index (χ3v) is 4.35. The summed E-state index contributed by atoms with van der Waals surface area (Å²) >= 11 is 7.18. The van der Waals surface area contributed by atoms with Crippen molar-refractivity contribution in [2.24, 2.45) is 11.5 Å². The summed E-state index contributed by atoms with van der Waals surface area (Å²) < 4.78 is 0. The van der Waals surface area contributed by atoms with E-state index in [-0.39, 0.29) is 10.2 Å². The van der Waals surface area contributed by atoms with E-state index >= 15 is 0 Å². The average molecular weight is 272 g/mol. The molecule has 0 spiro atoms. The molecule has 0 fully saturated rings. The van der Waals surface area contributed by atoms with E-state index in [1.165, 1.54) is 21.6 Å². The monoisotopic (exact) mass is 272 g/mol. The van der Waals surface area contributed by atoms with Crippen molar-refractivity contribution in [2.45, 2.75) is 12.1 Å². The summed E-state index contributed by atoms with van der Waals surface area (Å²) in [6, 6.07) is -1.14. The van der Waals surface area contributed by atoms with Crippen molar-refractivity contribution in [2.75, 3.05) is 11.5 Å². The molecule has 0 bridgehead atoms. The van der Waals surface area contributed by atoms with Crippen molar-refractivity contribution >= 4 is 57.1 Å². The number of carbonyl (C=O) groups excluding carboxylic acids is 2. The molecule has 4 nitrogen and oxygen atoms in total. The molecule has 0 aromatic carbocycles. The molecule has 4 N–H and O–H groups in total. The Morgan fingerprint density at radius 3 is 1.50 bits per heavy atom. The highest BCUT2D eigenvalue weighted by Crippen LogP contribution is 2.22. The molecule has 0 saturated heterocycles. The van der Waals surface area contributed by atoms with Gasteiger partial charge in [-0.2, -0.15) is 0 Å².